The van der Waals surface area contributed by atoms with Crippen molar-refractivity contribution < 1.29 is 4.79 Å². The highest BCUT2D eigenvalue weighted by Gasteiger charge is 2.31. The van der Waals surface area contributed by atoms with Crippen molar-refractivity contribution >= 4 is 46.3 Å². The molecule has 2 aliphatic heterocycles. The molecule has 26 heavy (non-hydrogen) atoms. The molecule has 7 heteroatoms. The minimum atomic E-state index is -0.389. The Labute approximate surface area is 160 Å². The molecule has 0 saturated carbocycles. The Balaban J connectivity index is 1.81. The minimum absolute atomic E-state index is 0.142. The third-order valence-corrected chi connectivity index (χ3v) is 5.45. The van der Waals surface area contributed by atoms with Gasteiger partial charge in [0.2, 0.25) is 0 Å². The molecule has 1 aromatic heterocycles. The van der Waals surface area contributed by atoms with E-state index in [-0.39, 0.29) is 17.3 Å². The monoisotopic (exact) mass is 382 g/mol. The lowest BCUT2D eigenvalue weighted by atomic mass is 10.1. The largest absolute Gasteiger partial charge is 0.316 e. The van der Waals surface area contributed by atoms with Gasteiger partial charge in [-0.15, -0.1) is 0 Å². The molecule has 130 valence electrons. The number of aryl methyl sites for hydroxylation is 1. The van der Waals surface area contributed by atoms with Crippen molar-refractivity contribution in [3.05, 3.63) is 69.5 Å². The molecule has 0 fully saturated rings. The van der Waals surface area contributed by atoms with Gasteiger partial charge in [-0.05, 0) is 49.1 Å². The van der Waals surface area contributed by atoms with E-state index in [0.29, 0.717) is 10.2 Å². The molecular weight excluding hydrogens is 368 g/mol. The summed E-state index contributed by atoms with van der Waals surface area (Å²) in [6.45, 7) is 3.96. The van der Waals surface area contributed by atoms with Crippen LogP contribution >= 0.6 is 23.4 Å². The molecular formula is C19H15ClN4OS. The maximum absolute atomic E-state index is 12.4. The lowest BCUT2D eigenvalue weighted by Crippen LogP contribution is -2.35. The van der Waals surface area contributed by atoms with Crippen LogP contribution in [-0.4, -0.2) is 26.4 Å². The Bertz CT molecular complexity index is 1050. The number of aliphatic imine (C=N–C) groups is 1. The molecule has 1 N–H and O–H groups in total. The first-order valence-electron chi connectivity index (χ1n) is 7.97. The number of para-hydroxylation sites is 1. The molecule has 0 saturated heterocycles. The number of aromatic nitrogens is 1. The minimum Gasteiger partial charge on any atom is -0.316 e. The van der Waals surface area contributed by atoms with Crippen LogP contribution in [0.5, 0.6) is 0 Å². The van der Waals surface area contributed by atoms with Crippen molar-refractivity contribution in [3.63, 3.8) is 0 Å². The molecule has 0 bridgehead atoms. The lowest BCUT2D eigenvalue weighted by molar-refractivity contribution is -0.114. The Kier molecular flexibility index (Phi) is 4.09. The fraction of sp³-hybridized carbons (Fsp3) is 0.105. The van der Waals surface area contributed by atoms with Gasteiger partial charge in [0.15, 0.2) is 5.17 Å². The summed E-state index contributed by atoms with van der Waals surface area (Å²) in [5, 5.41) is 11.3. The molecule has 4 rings (SSSR count). The summed E-state index contributed by atoms with van der Waals surface area (Å²) >= 11 is 7.69. The normalized spacial score (nSPS) is 17.9. The van der Waals surface area contributed by atoms with Crippen molar-refractivity contribution in [1.29, 1.82) is 5.41 Å². The number of rotatable bonds is 2. The topological polar surface area (TPSA) is 61.5 Å². The van der Waals surface area contributed by atoms with E-state index in [2.05, 4.69) is 4.99 Å². The first-order chi connectivity index (χ1) is 12.5. The predicted molar refractivity (Wildman–Crippen MR) is 107 cm³/mol. The van der Waals surface area contributed by atoms with Gasteiger partial charge in [-0.1, -0.05) is 35.5 Å². The number of benzene rings is 1. The number of hydrogen-bond donors (Lipinski definition) is 1. The second kappa shape index (κ2) is 6.30. The molecule has 0 atom stereocenters. The maximum atomic E-state index is 12.4. The zero-order chi connectivity index (χ0) is 18.4. The van der Waals surface area contributed by atoms with E-state index in [0.717, 1.165) is 22.6 Å². The van der Waals surface area contributed by atoms with Gasteiger partial charge in [-0.2, -0.15) is 4.99 Å². The number of fused-ring (bicyclic) bond motifs is 1. The van der Waals surface area contributed by atoms with Crippen LogP contribution in [-0.2, 0) is 4.79 Å². The smallest absolute Gasteiger partial charge is 0.283 e. The molecule has 1 aromatic carbocycles. The molecule has 2 aliphatic rings. The third kappa shape index (κ3) is 2.62. The molecule has 0 unspecified atom stereocenters. The van der Waals surface area contributed by atoms with Crippen molar-refractivity contribution in [2.75, 3.05) is 0 Å². The fourth-order valence-electron chi connectivity index (χ4n) is 3.12. The van der Waals surface area contributed by atoms with Crippen LogP contribution in [0.15, 0.2) is 52.5 Å². The summed E-state index contributed by atoms with van der Waals surface area (Å²) < 4.78 is 2.05. The first-order valence-corrected chi connectivity index (χ1v) is 9.23. The summed E-state index contributed by atoms with van der Waals surface area (Å²) in [6, 6.07) is 9.62. The number of nitrogens with one attached hydrogen (secondary N) is 1. The molecule has 5 nitrogen and oxygen atoms in total. The van der Waals surface area contributed by atoms with Crippen LogP contribution in [0, 0.1) is 19.3 Å². The molecule has 1 amide bonds. The van der Waals surface area contributed by atoms with Gasteiger partial charge in [0.05, 0.1) is 16.3 Å². The zero-order valence-electron chi connectivity index (χ0n) is 14.2. The lowest BCUT2D eigenvalue weighted by Gasteiger charge is -2.22. The first kappa shape index (κ1) is 16.9. The summed E-state index contributed by atoms with van der Waals surface area (Å²) in [7, 11) is 0. The van der Waals surface area contributed by atoms with E-state index in [1.807, 2.05) is 54.2 Å². The van der Waals surface area contributed by atoms with Crippen LogP contribution in [0.25, 0.3) is 11.8 Å². The number of hydrogen-bond acceptors (Lipinski definition) is 3. The van der Waals surface area contributed by atoms with Crippen LogP contribution in [0.1, 0.15) is 17.0 Å². The molecule has 0 spiro atoms. The van der Waals surface area contributed by atoms with Crippen LogP contribution in [0.3, 0.4) is 0 Å². The SMILES string of the molecule is Cc1cc(C=C2C(=N)N3C=CSC3=NC2=O)c(C)n1-c1ccccc1Cl. The van der Waals surface area contributed by atoms with Gasteiger partial charge in [0, 0.05) is 17.6 Å². The van der Waals surface area contributed by atoms with Crippen molar-refractivity contribution in [3.8, 4) is 5.69 Å². The molecule has 0 radical (unpaired) electrons. The van der Waals surface area contributed by atoms with Crippen molar-refractivity contribution in [1.82, 2.24) is 9.47 Å². The number of halogens is 1. The summed E-state index contributed by atoms with van der Waals surface area (Å²) in [5.41, 5.74) is 3.98. The van der Waals surface area contributed by atoms with Gasteiger partial charge in [0.25, 0.3) is 5.91 Å². The van der Waals surface area contributed by atoms with E-state index in [1.165, 1.54) is 11.8 Å². The van der Waals surface area contributed by atoms with Crippen molar-refractivity contribution in [2.45, 2.75) is 13.8 Å². The quantitative estimate of drug-likeness (QED) is 0.776. The van der Waals surface area contributed by atoms with Gasteiger partial charge >= 0.3 is 0 Å². The van der Waals surface area contributed by atoms with E-state index in [4.69, 9.17) is 17.0 Å². The van der Waals surface area contributed by atoms with E-state index in [1.54, 1.807) is 17.2 Å². The average molecular weight is 383 g/mol. The van der Waals surface area contributed by atoms with Gasteiger partial charge in [-0.25, -0.2) is 0 Å². The number of thioether (sulfide) groups is 1. The van der Waals surface area contributed by atoms with Crippen molar-refractivity contribution in [2.24, 2.45) is 4.99 Å². The second-order valence-electron chi connectivity index (χ2n) is 5.99. The Morgan fingerprint density at radius 2 is 2.04 bits per heavy atom. The Hall–Kier alpha value is -2.57. The van der Waals surface area contributed by atoms with Gasteiger partial charge in [-0.3, -0.25) is 15.1 Å². The highest BCUT2D eigenvalue weighted by atomic mass is 35.5. The van der Waals surface area contributed by atoms with E-state index < -0.39 is 0 Å². The summed E-state index contributed by atoms with van der Waals surface area (Å²) in [4.78, 5) is 18.1. The molecule has 2 aromatic rings. The average Bonchev–Trinajstić information content (AvgIpc) is 3.17. The standard InChI is InChI=1S/C19H15ClN4OS/c1-11-9-13(12(2)24(11)16-6-4-3-5-15(16)20)10-14-17(21)23-7-8-26-19(23)22-18(14)25/h3-10,21H,1-2H3. The Morgan fingerprint density at radius 3 is 2.81 bits per heavy atom. The van der Waals surface area contributed by atoms with E-state index >= 15 is 0 Å². The molecule has 3 heterocycles. The number of amidine groups is 2. The number of amides is 1. The zero-order valence-corrected chi connectivity index (χ0v) is 15.7. The second-order valence-corrected chi connectivity index (χ2v) is 7.27. The van der Waals surface area contributed by atoms with E-state index in [9.17, 15) is 4.79 Å². The van der Waals surface area contributed by atoms with Crippen LogP contribution in [0.2, 0.25) is 5.02 Å². The number of nitrogens with zero attached hydrogens (tertiary/aromatic N) is 3. The van der Waals surface area contributed by atoms with Crippen LogP contribution < -0.4 is 0 Å². The van der Waals surface area contributed by atoms with Crippen LogP contribution in [0.4, 0.5) is 0 Å². The molecule has 0 aliphatic carbocycles. The highest BCUT2D eigenvalue weighted by Crippen LogP contribution is 2.30. The van der Waals surface area contributed by atoms with Gasteiger partial charge in [0.1, 0.15) is 5.84 Å². The third-order valence-electron chi connectivity index (χ3n) is 4.38. The fourth-order valence-corrected chi connectivity index (χ4v) is 4.05. The number of carbonyl (C=O) groups is 1. The summed E-state index contributed by atoms with van der Waals surface area (Å²) in [6.07, 6.45) is 3.48. The Morgan fingerprint density at radius 1 is 1.27 bits per heavy atom. The highest BCUT2D eigenvalue weighted by molar-refractivity contribution is 8.16. The predicted octanol–water partition coefficient (Wildman–Crippen LogP) is 4.52. The maximum Gasteiger partial charge on any atom is 0.283 e. The van der Waals surface area contributed by atoms with Gasteiger partial charge < -0.3 is 4.57 Å². The summed E-state index contributed by atoms with van der Waals surface area (Å²) in [5.74, 6) is -0.246. The number of carbonyl (C=O) groups excluding carboxylic acids is 1.